The van der Waals surface area contributed by atoms with E-state index in [0.29, 0.717) is 35.0 Å². The number of esters is 1. The molecule has 202 valence electrons. The molecule has 5 saturated carbocycles. The summed E-state index contributed by atoms with van der Waals surface area (Å²) in [6.45, 7) is 20.9. The summed E-state index contributed by atoms with van der Waals surface area (Å²) in [5.41, 5.74) is 2.24. The van der Waals surface area contributed by atoms with Crippen LogP contribution in [0.1, 0.15) is 113 Å². The first-order chi connectivity index (χ1) is 16.8. The van der Waals surface area contributed by atoms with E-state index in [-0.39, 0.29) is 33.7 Å². The van der Waals surface area contributed by atoms with Crippen LogP contribution in [-0.4, -0.2) is 23.5 Å². The van der Waals surface area contributed by atoms with Crippen LogP contribution < -0.4 is 0 Å². The van der Waals surface area contributed by atoms with E-state index in [0.717, 1.165) is 19.3 Å². The van der Waals surface area contributed by atoms with E-state index < -0.39 is 0 Å². The third kappa shape index (κ3) is 3.30. The van der Waals surface area contributed by atoms with Gasteiger partial charge in [-0.25, -0.2) is 0 Å². The third-order valence-electron chi connectivity index (χ3n) is 13.7. The minimum Gasteiger partial charge on any atom is -0.462 e. The molecule has 0 amide bonds. The number of carbonyl (C=O) groups excluding carboxylic acids is 1. The molecule has 0 aromatic rings. The van der Waals surface area contributed by atoms with Crippen LogP contribution >= 0.6 is 0 Å². The molecule has 0 aliphatic heterocycles. The SMILES string of the molecule is C=C(C)[C@@H]1CC[C@@]2(/C=N/O)CC[C@]3(C)[C@@H](CC[C@@H]4[C@@]5(C)CC[C@H](OC(C)=O)C(C)(C)[C@@H]5CC[C@]43C)[C@@H]12. The van der Waals surface area contributed by atoms with Gasteiger partial charge in [-0.3, -0.25) is 4.79 Å². The molecule has 0 bridgehead atoms. The van der Waals surface area contributed by atoms with Crippen molar-refractivity contribution in [3.05, 3.63) is 12.2 Å². The average Bonchev–Trinajstić information content (AvgIpc) is 3.16. The standard InChI is InChI=1S/C32H51NO3/c1-20(2)22-11-16-32(19-33-35)18-17-30(7)23(27(22)32)9-10-25-29(6)14-13-26(36-21(3)34)28(4,5)24(29)12-15-31(25,30)8/h19,22-27,35H,1,9-18H2,2-8H3/b33-19+/t22-,23-,24-,25+,26-,27+,29-,30+,31+,32-/m0/s1. The van der Waals surface area contributed by atoms with Gasteiger partial charge in [0.05, 0.1) is 6.21 Å². The van der Waals surface area contributed by atoms with Gasteiger partial charge in [-0.15, -0.1) is 5.16 Å². The van der Waals surface area contributed by atoms with Crippen LogP contribution in [0.15, 0.2) is 17.3 Å². The van der Waals surface area contributed by atoms with E-state index in [1.165, 1.54) is 50.5 Å². The molecule has 0 aromatic carbocycles. The van der Waals surface area contributed by atoms with Crippen LogP contribution in [0, 0.1) is 56.7 Å². The molecule has 5 fully saturated rings. The fourth-order valence-electron chi connectivity index (χ4n) is 11.9. The van der Waals surface area contributed by atoms with Gasteiger partial charge in [-0.05, 0) is 117 Å². The molecule has 0 spiro atoms. The number of fused-ring (bicyclic) bond motifs is 7. The van der Waals surface area contributed by atoms with E-state index in [2.05, 4.69) is 53.3 Å². The Labute approximate surface area is 219 Å². The second-order valence-electron chi connectivity index (χ2n) is 15.1. The average molecular weight is 498 g/mol. The molecule has 10 atom stereocenters. The summed E-state index contributed by atoms with van der Waals surface area (Å²) in [5, 5.41) is 13.4. The van der Waals surface area contributed by atoms with Crippen LogP contribution in [0.5, 0.6) is 0 Å². The first-order valence-electron chi connectivity index (χ1n) is 14.8. The van der Waals surface area contributed by atoms with Gasteiger partial charge in [0.2, 0.25) is 0 Å². The lowest BCUT2D eigenvalue weighted by atomic mass is 9.32. The van der Waals surface area contributed by atoms with E-state index >= 15 is 0 Å². The molecular formula is C32H51NO3. The smallest absolute Gasteiger partial charge is 0.302 e. The lowest BCUT2D eigenvalue weighted by Gasteiger charge is -2.72. The van der Waals surface area contributed by atoms with E-state index in [1.807, 2.05) is 6.21 Å². The Hall–Kier alpha value is -1.32. The number of hydrogen-bond donors (Lipinski definition) is 1. The second kappa shape index (κ2) is 8.34. The summed E-state index contributed by atoms with van der Waals surface area (Å²) in [6.07, 6.45) is 13.9. The Morgan fingerprint density at radius 1 is 0.889 bits per heavy atom. The van der Waals surface area contributed by atoms with Crippen LogP contribution in [0.25, 0.3) is 0 Å². The van der Waals surface area contributed by atoms with Crippen molar-refractivity contribution >= 4 is 12.2 Å². The highest BCUT2D eigenvalue weighted by molar-refractivity contribution is 5.67. The number of oxime groups is 1. The minimum absolute atomic E-state index is 0.00750. The second-order valence-corrected chi connectivity index (χ2v) is 15.1. The Kier molecular flexibility index (Phi) is 6.09. The lowest BCUT2D eigenvalue weighted by molar-refractivity contribution is -0.246. The molecule has 1 N–H and O–H groups in total. The maximum atomic E-state index is 11.9. The van der Waals surface area contributed by atoms with Crippen molar-refractivity contribution in [2.75, 3.05) is 0 Å². The van der Waals surface area contributed by atoms with Crippen LogP contribution in [0.4, 0.5) is 0 Å². The predicted molar refractivity (Wildman–Crippen MR) is 145 cm³/mol. The molecule has 0 aromatic heterocycles. The molecule has 5 aliphatic carbocycles. The van der Waals surface area contributed by atoms with Crippen molar-refractivity contribution in [3.8, 4) is 0 Å². The summed E-state index contributed by atoms with van der Waals surface area (Å²) < 4.78 is 5.90. The van der Waals surface area contributed by atoms with Gasteiger partial charge < -0.3 is 9.94 Å². The molecule has 0 saturated heterocycles. The zero-order chi connectivity index (χ0) is 26.3. The van der Waals surface area contributed by atoms with Crippen molar-refractivity contribution < 1.29 is 14.7 Å². The van der Waals surface area contributed by atoms with Crippen LogP contribution in [0.2, 0.25) is 0 Å². The summed E-state index contributed by atoms with van der Waals surface area (Å²) in [7, 11) is 0. The summed E-state index contributed by atoms with van der Waals surface area (Å²) in [5.74, 6) is 2.89. The van der Waals surface area contributed by atoms with Gasteiger partial charge in [0.15, 0.2) is 0 Å². The molecule has 4 nitrogen and oxygen atoms in total. The molecular weight excluding hydrogens is 446 g/mol. The largest absolute Gasteiger partial charge is 0.462 e. The van der Waals surface area contributed by atoms with Gasteiger partial charge in [0, 0.05) is 17.8 Å². The number of nitrogens with zero attached hydrogens (tertiary/aromatic N) is 1. The molecule has 5 rings (SSSR count). The van der Waals surface area contributed by atoms with Crippen molar-refractivity contribution in [3.63, 3.8) is 0 Å². The van der Waals surface area contributed by atoms with Crippen molar-refractivity contribution in [2.45, 2.75) is 119 Å². The Bertz CT molecular complexity index is 955. The number of carbonyl (C=O) groups is 1. The highest BCUT2D eigenvalue weighted by atomic mass is 16.5. The summed E-state index contributed by atoms with van der Waals surface area (Å²) >= 11 is 0. The number of allylic oxidation sites excluding steroid dienone is 1. The Morgan fingerprint density at radius 3 is 2.25 bits per heavy atom. The first kappa shape index (κ1) is 26.3. The van der Waals surface area contributed by atoms with E-state index in [1.54, 1.807) is 6.92 Å². The molecule has 4 heteroatoms. The quantitative estimate of drug-likeness (QED) is 0.141. The zero-order valence-corrected chi connectivity index (χ0v) is 24.0. The van der Waals surface area contributed by atoms with E-state index in [4.69, 9.17) is 4.74 Å². The van der Waals surface area contributed by atoms with Crippen LogP contribution in [0.3, 0.4) is 0 Å². The number of ether oxygens (including phenoxy) is 1. The normalized spacial score (nSPS) is 51.5. The lowest BCUT2D eigenvalue weighted by Crippen LogP contribution is -2.66. The molecule has 0 heterocycles. The van der Waals surface area contributed by atoms with Crippen molar-refractivity contribution in [1.82, 2.24) is 0 Å². The number of rotatable bonds is 3. The highest BCUT2D eigenvalue weighted by Crippen LogP contribution is 2.77. The van der Waals surface area contributed by atoms with E-state index in [9.17, 15) is 10.0 Å². The number of hydrogen-bond acceptors (Lipinski definition) is 4. The molecule has 0 unspecified atom stereocenters. The monoisotopic (exact) mass is 497 g/mol. The molecule has 5 aliphatic rings. The molecule has 0 radical (unpaired) electrons. The maximum Gasteiger partial charge on any atom is 0.302 e. The fourth-order valence-corrected chi connectivity index (χ4v) is 11.9. The Balaban J connectivity index is 1.52. The van der Waals surface area contributed by atoms with Gasteiger partial charge in [-0.2, -0.15) is 0 Å². The Morgan fingerprint density at radius 2 is 1.61 bits per heavy atom. The van der Waals surface area contributed by atoms with Gasteiger partial charge in [-0.1, -0.05) is 46.8 Å². The topological polar surface area (TPSA) is 58.9 Å². The van der Waals surface area contributed by atoms with Gasteiger partial charge in [0.1, 0.15) is 6.10 Å². The van der Waals surface area contributed by atoms with Crippen molar-refractivity contribution in [2.24, 2.45) is 61.8 Å². The fraction of sp³-hybridized carbons (Fsp3) is 0.875. The van der Waals surface area contributed by atoms with Crippen LogP contribution in [-0.2, 0) is 9.53 Å². The zero-order valence-electron chi connectivity index (χ0n) is 24.0. The minimum atomic E-state index is -0.133. The first-order valence-corrected chi connectivity index (χ1v) is 14.8. The van der Waals surface area contributed by atoms with Crippen molar-refractivity contribution in [1.29, 1.82) is 0 Å². The highest BCUT2D eigenvalue weighted by Gasteiger charge is 2.71. The molecule has 36 heavy (non-hydrogen) atoms. The maximum absolute atomic E-state index is 11.9. The van der Waals surface area contributed by atoms with Gasteiger partial charge >= 0.3 is 5.97 Å². The summed E-state index contributed by atoms with van der Waals surface area (Å²) in [4.78, 5) is 11.9. The summed E-state index contributed by atoms with van der Waals surface area (Å²) in [6, 6.07) is 0. The van der Waals surface area contributed by atoms with Gasteiger partial charge in [0.25, 0.3) is 0 Å². The predicted octanol–water partition coefficient (Wildman–Crippen LogP) is 8.04. The third-order valence-corrected chi connectivity index (χ3v) is 13.7.